The lowest BCUT2D eigenvalue weighted by molar-refractivity contribution is -0.180. The number of carbonyl (C=O) groups is 1. The van der Waals surface area contributed by atoms with Gasteiger partial charge in [-0.05, 0) is 18.1 Å². The first-order valence-electron chi connectivity index (χ1n) is 6.49. The van der Waals surface area contributed by atoms with Crippen molar-refractivity contribution in [2.24, 2.45) is 0 Å². The van der Waals surface area contributed by atoms with Crippen molar-refractivity contribution in [2.75, 3.05) is 19.8 Å². The zero-order chi connectivity index (χ0) is 13.5. The summed E-state index contributed by atoms with van der Waals surface area (Å²) in [5.74, 6) is -0.544. The van der Waals surface area contributed by atoms with Crippen LogP contribution in [0.25, 0.3) is 0 Å². The predicted molar refractivity (Wildman–Crippen MR) is 68.0 cm³/mol. The molecule has 0 saturated carbocycles. The molecule has 1 fully saturated rings. The molecule has 19 heavy (non-hydrogen) atoms. The summed E-state index contributed by atoms with van der Waals surface area (Å²) in [5.41, 5.74) is 0.408. The van der Waals surface area contributed by atoms with Gasteiger partial charge in [-0.25, -0.2) is 4.39 Å². The number of hydrogen-bond donors (Lipinski definition) is 1. The second-order valence-electron chi connectivity index (χ2n) is 4.43. The predicted octanol–water partition coefficient (Wildman–Crippen LogP) is 1.64. The van der Waals surface area contributed by atoms with E-state index in [4.69, 9.17) is 9.47 Å². The van der Waals surface area contributed by atoms with Crippen LogP contribution in [-0.2, 0) is 20.7 Å². The van der Waals surface area contributed by atoms with E-state index in [-0.39, 0.29) is 24.4 Å². The van der Waals surface area contributed by atoms with Crippen LogP contribution >= 0.6 is 0 Å². The highest BCUT2D eigenvalue weighted by Gasteiger charge is 2.14. The standard InChI is InChI=1S/C14H18FNO3/c15-12-5-2-1-4-11(12)10-13(17)16-7-6-14-18-8-3-9-19-14/h1-2,4-5,14H,3,6-10H2,(H,16,17). The molecule has 1 aromatic carbocycles. The van der Waals surface area contributed by atoms with Gasteiger partial charge in [-0.15, -0.1) is 0 Å². The molecule has 1 saturated heterocycles. The van der Waals surface area contributed by atoms with E-state index >= 15 is 0 Å². The van der Waals surface area contributed by atoms with E-state index in [0.29, 0.717) is 31.7 Å². The lowest BCUT2D eigenvalue weighted by atomic mass is 10.1. The summed E-state index contributed by atoms with van der Waals surface area (Å²) in [6.45, 7) is 1.87. The number of nitrogens with one attached hydrogen (secondary N) is 1. The molecule has 0 aliphatic carbocycles. The van der Waals surface area contributed by atoms with Crippen molar-refractivity contribution in [3.63, 3.8) is 0 Å². The first kappa shape index (κ1) is 14.0. The minimum atomic E-state index is -0.350. The molecule has 1 aliphatic rings. The van der Waals surface area contributed by atoms with Gasteiger partial charge >= 0.3 is 0 Å². The lowest BCUT2D eigenvalue weighted by Gasteiger charge is -2.23. The van der Waals surface area contributed by atoms with Gasteiger partial charge < -0.3 is 14.8 Å². The molecular formula is C14H18FNO3. The van der Waals surface area contributed by atoms with E-state index in [9.17, 15) is 9.18 Å². The molecular weight excluding hydrogens is 249 g/mol. The molecule has 0 spiro atoms. The molecule has 1 aliphatic heterocycles. The molecule has 0 atom stereocenters. The van der Waals surface area contributed by atoms with Crippen molar-refractivity contribution in [3.05, 3.63) is 35.6 Å². The van der Waals surface area contributed by atoms with Crippen LogP contribution in [0.2, 0.25) is 0 Å². The smallest absolute Gasteiger partial charge is 0.224 e. The molecule has 0 radical (unpaired) electrons. The maximum absolute atomic E-state index is 13.3. The fourth-order valence-corrected chi connectivity index (χ4v) is 1.91. The highest BCUT2D eigenvalue weighted by Crippen LogP contribution is 2.08. The van der Waals surface area contributed by atoms with Crippen molar-refractivity contribution in [1.29, 1.82) is 0 Å². The second kappa shape index (κ2) is 7.21. The number of carbonyl (C=O) groups excluding carboxylic acids is 1. The van der Waals surface area contributed by atoms with Crippen LogP contribution in [0.1, 0.15) is 18.4 Å². The maximum atomic E-state index is 13.3. The first-order chi connectivity index (χ1) is 9.25. The number of rotatable bonds is 5. The zero-order valence-electron chi connectivity index (χ0n) is 10.7. The Balaban J connectivity index is 1.68. The van der Waals surface area contributed by atoms with Crippen LogP contribution in [0.5, 0.6) is 0 Å². The Labute approximate surface area is 111 Å². The Hall–Kier alpha value is -1.46. The van der Waals surface area contributed by atoms with Crippen molar-refractivity contribution in [2.45, 2.75) is 25.6 Å². The SMILES string of the molecule is O=C(Cc1ccccc1F)NCCC1OCCCO1. The van der Waals surface area contributed by atoms with Crippen LogP contribution < -0.4 is 5.32 Å². The van der Waals surface area contributed by atoms with Crippen LogP contribution in [0.15, 0.2) is 24.3 Å². The third-order valence-corrected chi connectivity index (χ3v) is 2.91. The van der Waals surface area contributed by atoms with E-state index < -0.39 is 0 Å². The third kappa shape index (κ3) is 4.61. The minimum absolute atomic E-state index is 0.0546. The van der Waals surface area contributed by atoms with Crippen molar-refractivity contribution in [3.8, 4) is 0 Å². The Morgan fingerprint density at radius 3 is 2.79 bits per heavy atom. The fraction of sp³-hybridized carbons (Fsp3) is 0.500. The molecule has 5 heteroatoms. The Morgan fingerprint density at radius 2 is 2.05 bits per heavy atom. The molecule has 1 aromatic rings. The molecule has 0 bridgehead atoms. The topological polar surface area (TPSA) is 47.6 Å². The fourth-order valence-electron chi connectivity index (χ4n) is 1.91. The summed E-state index contributed by atoms with van der Waals surface area (Å²) in [4.78, 5) is 11.6. The number of amides is 1. The van der Waals surface area contributed by atoms with E-state index in [1.165, 1.54) is 6.07 Å². The van der Waals surface area contributed by atoms with Crippen molar-refractivity contribution < 1.29 is 18.7 Å². The van der Waals surface area contributed by atoms with Crippen LogP contribution in [0.3, 0.4) is 0 Å². The van der Waals surface area contributed by atoms with E-state index in [1.54, 1.807) is 18.2 Å². The molecule has 0 aromatic heterocycles. The van der Waals surface area contributed by atoms with Gasteiger partial charge in [-0.2, -0.15) is 0 Å². The average Bonchev–Trinajstić information content (AvgIpc) is 2.43. The van der Waals surface area contributed by atoms with Crippen molar-refractivity contribution >= 4 is 5.91 Å². The second-order valence-corrected chi connectivity index (χ2v) is 4.43. The Morgan fingerprint density at radius 1 is 1.32 bits per heavy atom. The summed E-state index contributed by atoms with van der Waals surface area (Å²) in [6.07, 6.45) is 1.35. The van der Waals surface area contributed by atoms with Crippen LogP contribution in [0, 0.1) is 5.82 Å². The number of hydrogen-bond acceptors (Lipinski definition) is 3. The van der Waals surface area contributed by atoms with Gasteiger partial charge in [0.15, 0.2) is 6.29 Å². The van der Waals surface area contributed by atoms with Crippen LogP contribution in [-0.4, -0.2) is 32.0 Å². The number of ether oxygens (including phenoxy) is 2. The molecule has 4 nitrogen and oxygen atoms in total. The quantitative estimate of drug-likeness (QED) is 0.882. The summed E-state index contributed by atoms with van der Waals surface area (Å²) in [6, 6.07) is 6.29. The summed E-state index contributed by atoms with van der Waals surface area (Å²) < 4.78 is 24.1. The first-order valence-corrected chi connectivity index (χ1v) is 6.49. The molecule has 0 unspecified atom stereocenters. The average molecular weight is 267 g/mol. The highest BCUT2D eigenvalue weighted by molar-refractivity contribution is 5.78. The number of halogens is 1. The Bertz CT molecular complexity index is 419. The maximum Gasteiger partial charge on any atom is 0.224 e. The third-order valence-electron chi connectivity index (χ3n) is 2.91. The largest absolute Gasteiger partial charge is 0.356 e. The molecule has 104 valence electrons. The van der Waals surface area contributed by atoms with Crippen molar-refractivity contribution in [1.82, 2.24) is 5.32 Å². The van der Waals surface area contributed by atoms with E-state index in [1.807, 2.05) is 0 Å². The number of benzene rings is 1. The van der Waals surface area contributed by atoms with Gasteiger partial charge in [0.1, 0.15) is 5.82 Å². The molecule has 1 heterocycles. The van der Waals surface area contributed by atoms with E-state index in [0.717, 1.165) is 6.42 Å². The van der Waals surface area contributed by atoms with Gasteiger partial charge in [0.25, 0.3) is 0 Å². The lowest BCUT2D eigenvalue weighted by Crippen LogP contribution is -2.32. The monoisotopic (exact) mass is 267 g/mol. The molecule has 1 N–H and O–H groups in total. The van der Waals surface area contributed by atoms with Crippen LogP contribution in [0.4, 0.5) is 4.39 Å². The van der Waals surface area contributed by atoms with Gasteiger partial charge in [0.05, 0.1) is 19.6 Å². The summed E-state index contributed by atoms with van der Waals surface area (Å²) in [5, 5.41) is 2.74. The Kier molecular flexibility index (Phi) is 5.30. The summed E-state index contributed by atoms with van der Waals surface area (Å²) >= 11 is 0. The van der Waals surface area contributed by atoms with Gasteiger partial charge in [-0.1, -0.05) is 18.2 Å². The summed E-state index contributed by atoms with van der Waals surface area (Å²) in [7, 11) is 0. The van der Waals surface area contributed by atoms with Gasteiger partial charge in [-0.3, -0.25) is 4.79 Å². The minimum Gasteiger partial charge on any atom is -0.356 e. The molecule has 1 amide bonds. The highest BCUT2D eigenvalue weighted by atomic mass is 19.1. The van der Waals surface area contributed by atoms with E-state index in [2.05, 4.69) is 5.32 Å². The molecule has 2 rings (SSSR count). The normalized spacial score (nSPS) is 16.3. The van der Waals surface area contributed by atoms with Gasteiger partial charge in [0, 0.05) is 13.0 Å². The zero-order valence-corrected chi connectivity index (χ0v) is 10.7. The van der Waals surface area contributed by atoms with Gasteiger partial charge in [0.2, 0.25) is 5.91 Å².